The molecule has 0 atom stereocenters. The van der Waals surface area contributed by atoms with Gasteiger partial charge in [-0.1, -0.05) is 0 Å². The maximum absolute atomic E-state index is 12.0. The van der Waals surface area contributed by atoms with E-state index in [0.717, 1.165) is 0 Å². The van der Waals surface area contributed by atoms with Crippen LogP contribution in [0, 0.1) is 0 Å². The highest BCUT2D eigenvalue weighted by Gasteiger charge is 2.21. The molecule has 1 heterocycles. The molecule has 0 aromatic rings. The van der Waals surface area contributed by atoms with E-state index in [1.807, 2.05) is 0 Å². The van der Waals surface area contributed by atoms with Crippen LogP contribution in [0.2, 0.25) is 0 Å². The van der Waals surface area contributed by atoms with Crippen LogP contribution in [0.5, 0.6) is 0 Å². The number of methoxy groups -OCH3 is 1. The van der Waals surface area contributed by atoms with Crippen LogP contribution in [-0.2, 0) is 24.3 Å². The molecule has 7 nitrogen and oxygen atoms in total. The molecule has 1 saturated heterocycles. The lowest BCUT2D eigenvalue weighted by Crippen LogP contribution is -2.42. The third-order valence-electron chi connectivity index (χ3n) is 3.16. The number of amides is 1. The SMILES string of the molecule is COCCCN(CCC(=O)N1CCOCC1)S(C)(=O)=O. The average molecular weight is 308 g/mol. The Morgan fingerprint density at radius 2 is 1.95 bits per heavy atom. The highest BCUT2D eigenvalue weighted by Crippen LogP contribution is 2.05. The Morgan fingerprint density at radius 3 is 2.50 bits per heavy atom. The number of carbonyl (C=O) groups excluding carboxylic acids is 1. The number of carbonyl (C=O) groups is 1. The monoisotopic (exact) mass is 308 g/mol. The van der Waals surface area contributed by atoms with Crippen LogP contribution in [0.15, 0.2) is 0 Å². The molecule has 1 aliphatic heterocycles. The minimum absolute atomic E-state index is 0.0197. The molecule has 0 N–H and O–H groups in total. The van der Waals surface area contributed by atoms with Crippen LogP contribution in [0.4, 0.5) is 0 Å². The van der Waals surface area contributed by atoms with Crippen LogP contribution in [0.3, 0.4) is 0 Å². The first-order chi connectivity index (χ1) is 9.45. The van der Waals surface area contributed by atoms with Crippen molar-refractivity contribution < 1.29 is 22.7 Å². The third kappa shape index (κ3) is 6.17. The van der Waals surface area contributed by atoms with Gasteiger partial charge in [-0.15, -0.1) is 0 Å². The van der Waals surface area contributed by atoms with E-state index in [-0.39, 0.29) is 18.9 Å². The van der Waals surface area contributed by atoms with Crippen LogP contribution in [0.1, 0.15) is 12.8 Å². The van der Waals surface area contributed by atoms with E-state index in [2.05, 4.69) is 0 Å². The van der Waals surface area contributed by atoms with Crippen LogP contribution in [0.25, 0.3) is 0 Å². The lowest BCUT2D eigenvalue weighted by molar-refractivity contribution is -0.135. The van der Waals surface area contributed by atoms with Crippen molar-refractivity contribution in [3.05, 3.63) is 0 Å². The van der Waals surface area contributed by atoms with E-state index >= 15 is 0 Å². The molecule has 0 spiro atoms. The van der Waals surface area contributed by atoms with Gasteiger partial charge in [0.2, 0.25) is 15.9 Å². The normalized spacial score (nSPS) is 16.6. The average Bonchev–Trinajstić information content (AvgIpc) is 2.42. The van der Waals surface area contributed by atoms with Gasteiger partial charge in [-0.3, -0.25) is 4.79 Å². The second-order valence-corrected chi connectivity index (χ2v) is 6.73. The highest BCUT2D eigenvalue weighted by molar-refractivity contribution is 7.88. The smallest absolute Gasteiger partial charge is 0.224 e. The van der Waals surface area contributed by atoms with Gasteiger partial charge in [0.15, 0.2) is 0 Å². The zero-order valence-corrected chi connectivity index (χ0v) is 13.0. The first-order valence-electron chi connectivity index (χ1n) is 6.74. The Bertz CT molecular complexity index is 393. The molecule has 20 heavy (non-hydrogen) atoms. The summed E-state index contributed by atoms with van der Waals surface area (Å²) in [5, 5.41) is 0. The van der Waals surface area contributed by atoms with Gasteiger partial charge < -0.3 is 14.4 Å². The number of morpholine rings is 1. The molecule has 0 unspecified atom stereocenters. The van der Waals surface area contributed by atoms with E-state index in [0.29, 0.717) is 45.9 Å². The van der Waals surface area contributed by atoms with Crippen molar-refractivity contribution in [2.24, 2.45) is 0 Å². The summed E-state index contributed by atoms with van der Waals surface area (Å²) in [6.07, 6.45) is 1.99. The molecule has 1 fully saturated rings. The van der Waals surface area contributed by atoms with E-state index in [1.54, 1.807) is 12.0 Å². The summed E-state index contributed by atoms with van der Waals surface area (Å²) in [5.74, 6) is -0.0197. The molecule has 118 valence electrons. The number of ether oxygens (including phenoxy) is 2. The summed E-state index contributed by atoms with van der Waals surface area (Å²) in [6.45, 7) is 3.37. The molecule has 1 aliphatic rings. The summed E-state index contributed by atoms with van der Waals surface area (Å²) in [5.41, 5.74) is 0. The van der Waals surface area contributed by atoms with Crippen molar-refractivity contribution >= 4 is 15.9 Å². The maximum atomic E-state index is 12.0. The fraction of sp³-hybridized carbons (Fsp3) is 0.917. The predicted molar refractivity (Wildman–Crippen MR) is 74.9 cm³/mol. The summed E-state index contributed by atoms with van der Waals surface area (Å²) in [4.78, 5) is 13.7. The summed E-state index contributed by atoms with van der Waals surface area (Å²) in [6, 6.07) is 0. The molecule has 1 rings (SSSR count). The fourth-order valence-electron chi connectivity index (χ4n) is 2.02. The van der Waals surface area contributed by atoms with Gasteiger partial charge in [0.25, 0.3) is 0 Å². The minimum atomic E-state index is -3.29. The lowest BCUT2D eigenvalue weighted by atomic mass is 10.3. The molecule has 0 radical (unpaired) electrons. The first kappa shape index (κ1) is 17.4. The van der Waals surface area contributed by atoms with E-state index in [1.165, 1.54) is 10.6 Å². The Kier molecular flexibility index (Phi) is 7.42. The standard InChI is InChI=1S/C12H24N2O5S/c1-18-9-3-5-14(20(2,16)17)6-4-12(15)13-7-10-19-11-8-13/h3-11H2,1-2H3. The van der Waals surface area contributed by atoms with Crippen molar-refractivity contribution in [1.29, 1.82) is 0 Å². The van der Waals surface area contributed by atoms with Crippen molar-refractivity contribution in [3.8, 4) is 0 Å². The molecule has 1 amide bonds. The molecule has 8 heteroatoms. The summed E-state index contributed by atoms with van der Waals surface area (Å²) in [7, 11) is -1.71. The van der Waals surface area contributed by atoms with Gasteiger partial charge in [0.1, 0.15) is 0 Å². The fourth-order valence-corrected chi connectivity index (χ4v) is 2.90. The van der Waals surface area contributed by atoms with Crippen molar-refractivity contribution in [3.63, 3.8) is 0 Å². The van der Waals surface area contributed by atoms with E-state index in [4.69, 9.17) is 9.47 Å². The third-order valence-corrected chi connectivity index (χ3v) is 4.47. The molecular weight excluding hydrogens is 284 g/mol. The molecule has 0 bridgehead atoms. The molecule has 0 aromatic heterocycles. The van der Waals surface area contributed by atoms with Crippen molar-refractivity contribution in [2.45, 2.75) is 12.8 Å². The van der Waals surface area contributed by atoms with Crippen LogP contribution < -0.4 is 0 Å². The quantitative estimate of drug-likeness (QED) is 0.567. The van der Waals surface area contributed by atoms with Crippen molar-refractivity contribution in [1.82, 2.24) is 9.21 Å². The maximum Gasteiger partial charge on any atom is 0.224 e. The second kappa shape index (κ2) is 8.56. The zero-order chi connectivity index (χ0) is 15.0. The Hall–Kier alpha value is -0.700. The van der Waals surface area contributed by atoms with E-state index < -0.39 is 10.0 Å². The Labute approximate surface area is 120 Å². The molecule has 0 aliphatic carbocycles. The predicted octanol–water partition coefficient (Wildman–Crippen LogP) is -0.467. The molecule has 0 aromatic carbocycles. The van der Waals surface area contributed by atoms with Gasteiger partial charge in [-0.2, -0.15) is 0 Å². The largest absolute Gasteiger partial charge is 0.385 e. The highest BCUT2D eigenvalue weighted by atomic mass is 32.2. The number of nitrogens with zero attached hydrogens (tertiary/aromatic N) is 2. The van der Waals surface area contributed by atoms with Crippen LogP contribution in [-0.4, -0.2) is 82.9 Å². The van der Waals surface area contributed by atoms with Gasteiger partial charge in [-0.25, -0.2) is 12.7 Å². The van der Waals surface area contributed by atoms with Gasteiger partial charge in [0, 0.05) is 46.3 Å². The Balaban J connectivity index is 2.42. The van der Waals surface area contributed by atoms with Gasteiger partial charge in [-0.05, 0) is 6.42 Å². The zero-order valence-electron chi connectivity index (χ0n) is 12.2. The van der Waals surface area contributed by atoms with Crippen molar-refractivity contribution in [2.75, 3.05) is 59.4 Å². The van der Waals surface area contributed by atoms with E-state index in [9.17, 15) is 13.2 Å². The first-order valence-corrected chi connectivity index (χ1v) is 8.59. The summed E-state index contributed by atoms with van der Waals surface area (Å²) >= 11 is 0. The number of hydrogen-bond donors (Lipinski definition) is 0. The topological polar surface area (TPSA) is 76.2 Å². The van der Waals surface area contributed by atoms with Crippen LogP contribution >= 0.6 is 0 Å². The summed E-state index contributed by atoms with van der Waals surface area (Å²) < 4.78 is 34.7. The number of rotatable bonds is 8. The minimum Gasteiger partial charge on any atom is -0.385 e. The Morgan fingerprint density at radius 1 is 1.30 bits per heavy atom. The number of sulfonamides is 1. The number of hydrogen-bond acceptors (Lipinski definition) is 5. The van der Waals surface area contributed by atoms with Gasteiger partial charge in [0.05, 0.1) is 19.5 Å². The lowest BCUT2D eigenvalue weighted by Gasteiger charge is -2.28. The molecular formula is C12H24N2O5S. The second-order valence-electron chi connectivity index (χ2n) is 4.75. The van der Waals surface area contributed by atoms with Gasteiger partial charge >= 0.3 is 0 Å². The molecule has 0 saturated carbocycles.